The molecule has 19 heavy (non-hydrogen) atoms. The molecule has 1 aliphatic rings. The molecular weight excluding hydrogens is 235 g/mol. The lowest BCUT2D eigenvalue weighted by Crippen LogP contribution is -2.14. The van der Waals surface area contributed by atoms with E-state index in [0.29, 0.717) is 13.2 Å². The van der Waals surface area contributed by atoms with Crippen molar-refractivity contribution in [3.05, 3.63) is 53.1 Å². The van der Waals surface area contributed by atoms with E-state index in [9.17, 15) is 0 Å². The second-order valence-corrected chi connectivity index (χ2v) is 4.79. The third-order valence-electron chi connectivity index (χ3n) is 3.42. The van der Waals surface area contributed by atoms with Gasteiger partial charge in [-0.1, -0.05) is 41.4 Å². The predicted molar refractivity (Wildman–Crippen MR) is 76.5 cm³/mol. The van der Waals surface area contributed by atoms with Crippen LogP contribution >= 0.6 is 0 Å². The number of hydrogen-bond acceptors (Lipinski definition) is 2. The molecule has 94 valence electrons. The van der Waals surface area contributed by atoms with Gasteiger partial charge in [0.15, 0.2) is 0 Å². The minimum atomic E-state index is 0.529. The summed E-state index contributed by atoms with van der Waals surface area (Å²) in [6.45, 7) is 3.22. The van der Waals surface area contributed by atoms with Crippen LogP contribution in [0, 0.1) is 6.92 Å². The lowest BCUT2D eigenvalue weighted by Gasteiger charge is -2.15. The maximum absolute atomic E-state index is 6.14. The number of aryl methyl sites for hydroxylation is 1. The minimum absolute atomic E-state index is 0.529. The number of ether oxygens (including phenoxy) is 2. The Morgan fingerprint density at radius 2 is 2.05 bits per heavy atom. The molecule has 3 rings (SSSR count). The molecule has 0 atom stereocenters. The Labute approximate surface area is 114 Å². The number of fused-ring (bicyclic) bond motifs is 1. The van der Waals surface area contributed by atoms with E-state index >= 15 is 0 Å². The second kappa shape index (κ2) is 5.00. The largest absolute Gasteiger partial charge is 0.493 e. The summed E-state index contributed by atoms with van der Waals surface area (Å²) >= 11 is 0. The van der Waals surface area contributed by atoms with Crippen molar-refractivity contribution in [1.82, 2.24) is 0 Å². The topological polar surface area (TPSA) is 18.5 Å². The van der Waals surface area contributed by atoms with Gasteiger partial charge in [-0.25, -0.2) is 0 Å². The van der Waals surface area contributed by atoms with Gasteiger partial charge in [-0.2, -0.15) is 0 Å². The first-order valence-electron chi connectivity index (χ1n) is 6.47. The summed E-state index contributed by atoms with van der Waals surface area (Å²) in [6, 6.07) is 12.1. The first-order chi connectivity index (χ1) is 9.25. The van der Waals surface area contributed by atoms with E-state index in [1.807, 2.05) is 43.3 Å². The zero-order chi connectivity index (χ0) is 13.2. The summed E-state index contributed by atoms with van der Waals surface area (Å²) in [5, 5.41) is 0. The average molecular weight is 250 g/mol. The summed E-state index contributed by atoms with van der Waals surface area (Å²) in [7, 11) is 6.14. The number of benzene rings is 2. The smallest absolute Gasteiger partial charge is 0.126 e. The van der Waals surface area contributed by atoms with Crippen molar-refractivity contribution >= 4 is 13.3 Å². The van der Waals surface area contributed by atoms with Gasteiger partial charge in [-0.05, 0) is 18.6 Å². The molecule has 1 heterocycles. The van der Waals surface area contributed by atoms with E-state index in [1.54, 1.807) is 0 Å². The van der Waals surface area contributed by atoms with Gasteiger partial charge >= 0.3 is 0 Å². The Morgan fingerprint density at radius 1 is 1.26 bits per heavy atom. The van der Waals surface area contributed by atoms with Gasteiger partial charge in [-0.3, -0.25) is 0 Å². The number of hydrogen-bond donors (Lipinski definition) is 0. The molecule has 2 nitrogen and oxygen atoms in total. The molecule has 2 aromatic rings. The lowest BCUT2D eigenvalue weighted by molar-refractivity contribution is 0.306. The van der Waals surface area contributed by atoms with Crippen LogP contribution in [0.4, 0.5) is 0 Å². The van der Waals surface area contributed by atoms with Crippen LogP contribution in [0.3, 0.4) is 0 Å². The van der Waals surface area contributed by atoms with E-state index in [2.05, 4.69) is 0 Å². The van der Waals surface area contributed by atoms with Crippen molar-refractivity contribution in [1.29, 1.82) is 0 Å². The van der Waals surface area contributed by atoms with Crippen molar-refractivity contribution < 1.29 is 9.47 Å². The normalized spacial score (nSPS) is 12.9. The van der Waals surface area contributed by atoms with Gasteiger partial charge in [-0.15, -0.1) is 0 Å². The van der Waals surface area contributed by atoms with Crippen LogP contribution in [0.25, 0.3) is 0 Å². The van der Waals surface area contributed by atoms with Gasteiger partial charge in [0.25, 0.3) is 0 Å². The molecule has 0 saturated heterocycles. The fourth-order valence-electron chi connectivity index (χ4n) is 2.34. The third kappa shape index (κ3) is 2.33. The second-order valence-electron chi connectivity index (χ2n) is 4.79. The summed E-state index contributed by atoms with van der Waals surface area (Å²) < 4.78 is 11.5. The molecule has 0 N–H and O–H groups in total. The summed E-state index contributed by atoms with van der Waals surface area (Å²) in [5.41, 5.74) is 3.96. The first-order valence-corrected chi connectivity index (χ1v) is 6.47. The fraction of sp³-hybridized carbons (Fsp3) is 0.250. The third-order valence-corrected chi connectivity index (χ3v) is 3.42. The first kappa shape index (κ1) is 12.2. The zero-order valence-electron chi connectivity index (χ0n) is 11.0. The van der Waals surface area contributed by atoms with Gasteiger partial charge in [0, 0.05) is 12.0 Å². The highest BCUT2D eigenvalue weighted by molar-refractivity contribution is 6.35. The maximum Gasteiger partial charge on any atom is 0.126 e. The molecule has 0 aromatic heterocycles. The van der Waals surface area contributed by atoms with Crippen molar-refractivity contribution in [2.24, 2.45) is 0 Å². The Morgan fingerprint density at radius 3 is 2.84 bits per heavy atom. The molecule has 3 heteroatoms. The van der Waals surface area contributed by atoms with Crippen LogP contribution in [0.5, 0.6) is 11.5 Å². The summed E-state index contributed by atoms with van der Waals surface area (Å²) in [4.78, 5) is 0. The van der Waals surface area contributed by atoms with Crippen molar-refractivity contribution in [3.8, 4) is 11.5 Å². The van der Waals surface area contributed by atoms with E-state index in [-0.39, 0.29) is 0 Å². The van der Waals surface area contributed by atoms with E-state index in [1.165, 1.54) is 0 Å². The molecular formula is C16H15BO2. The molecule has 1 aliphatic heterocycles. The van der Waals surface area contributed by atoms with Gasteiger partial charge in [0.1, 0.15) is 26.0 Å². The lowest BCUT2D eigenvalue weighted by atomic mass is 9.87. The van der Waals surface area contributed by atoms with Crippen LogP contribution < -0.4 is 14.9 Å². The molecule has 0 saturated carbocycles. The predicted octanol–water partition coefficient (Wildman–Crippen LogP) is 2.30. The average Bonchev–Trinajstić information content (AvgIpc) is 2.88. The van der Waals surface area contributed by atoms with E-state index in [4.69, 9.17) is 17.3 Å². The molecule has 0 aliphatic carbocycles. The van der Waals surface area contributed by atoms with Gasteiger partial charge in [0.05, 0.1) is 6.61 Å². The Kier molecular flexibility index (Phi) is 3.20. The number of rotatable bonds is 3. The molecule has 2 radical (unpaired) electrons. The van der Waals surface area contributed by atoms with E-state index in [0.717, 1.165) is 40.1 Å². The quantitative estimate of drug-likeness (QED) is 0.778. The van der Waals surface area contributed by atoms with Crippen LogP contribution in [-0.2, 0) is 13.0 Å². The van der Waals surface area contributed by atoms with E-state index < -0.39 is 0 Å². The fourth-order valence-corrected chi connectivity index (χ4v) is 2.34. The highest BCUT2D eigenvalue weighted by Crippen LogP contribution is 2.33. The Balaban J connectivity index is 1.89. The van der Waals surface area contributed by atoms with Crippen molar-refractivity contribution in [2.45, 2.75) is 20.0 Å². The van der Waals surface area contributed by atoms with Crippen molar-refractivity contribution in [2.75, 3.05) is 6.61 Å². The van der Waals surface area contributed by atoms with Gasteiger partial charge in [0.2, 0.25) is 0 Å². The van der Waals surface area contributed by atoms with Crippen LogP contribution in [0.2, 0.25) is 0 Å². The molecule has 0 unspecified atom stereocenters. The van der Waals surface area contributed by atoms with Crippen LogP contribution in [-0.4, -0.2) is 14.5 Å². The standard InChI is InChI=1S/C16H15BO2/c1-11-9-14-13(7-8-18-14)16(15(11)17)19-10-12-5-3-2-4-6-12/h2-6,9H,7-8,10H2,1H3. The monoisotopic (exact) mass is 250 g/mol. The highest BCUT2D eigenvalue weighted by Gasteiger charge is 2.20. The minimum Gasteiger partial charge on any atom is -0.493 e. The Hall–Kier alpha value is -1.90. The SMILES string of the molecule is [B]c1c(C)cc2c(c1OCc1ccccc1)CCO2. The van der Waals surface area contributed by atoms with Crippen molar-refractivity contribution in [3.63, 3.8) is 0 Å². The van der Waals surface area contributed by atoms with Crippen LogP contribution in [0.15, 0.2) is 36.4 Å². The Bertz CT molecular complexity index is 593. The van der Waals surface area contributed by atoms with Gasteiger partial charge < -0.3 is 9.47 Å². The van der Waals surface area contributed by atoms with Crippen LogP contribution in [0.1, 0.15) is 16.7 Å². The molecule has 0 amide bonds. The molecule has 0 bridgehead atoms. The maximum atomic E-state index is 6.14. The molecule has 0 spiro atoms. The molecule has 2 aromatic carbocycles. The summed E-state index contributed by atoms with van der Waals surface area (Å²) in [5.74, 6) is 1.70. The highest BCUT2D eigenvalue weighted by atomic mass is 16.5. The zero-order valence-corrected chi connectivity index (χ0v) is 11.0. The summed E-state index contributed by atoms with van der Waals surface area (Å²) in [6.07, 6.45) is 0.865. The molecule has 0 fully saturated rings.